The van der Waals surface area contributed by atoms with E-state index in [1.165, 1.54) is 30.3 Å². The van der Waals surface area contributed by atoms with Gasteiger partial charge in [0.05, 0.1) is 16.1 Å². The summed E-state index contributed by atoms with van der Waals surface area (Å²) < 4.78 is 26.6. The van der Waals surface area contributed by atoms with Crippen molar-refractivity contribution in [1.82, 2.24) is 5.32 Å². The Morgan fingerprint density at radius 3 is 2.60 bits per heavy atom. The van der Waals surface area contributed by atoms with E-state index in [2.05, 4.69) is 21.2 Å². The SMILES string of the molecule is CC(NC(=O)c1cccc(F)c1Br)c1cccc(F)c1. The van der Waals surface area contributed by atoms with Crippen molar-refractivity contribution < 1.29 is 13.6 Å². The zero-order chi connectivity index (χ0) is 14.7. The van der Waals surface area contributed by atoms with Crippen molar-refractivity contribution in [2.24, 2.45) is 0 Å². The molecule has 2 aromatic rings. The molecule has 0 fully saturated rings. The molecule has 0 saturated carbocycles. The maximum Gasteiger partial charge on any atom is 0.253 e. The van der Waals surface area contributed by atoms with E-state index < -0.39 is 11.7 Å². The summed E-state index contributed by atoms with van der Waals surface area (Å²) >= 11 is 3.04. The minimum Gasteiger partial charge on any atom is -0.345 e. The van der Waals surface area contributed by atoms with Gasteiger partial charge in [-0.1, -0.05) is 18.2 Å². The van der Waals surface area contributed by atoms with Crippen LogP contribution in [-0.2, 0) is 0 Å². The summed E-state index contributed by atoms with van der Waals surface area (Å²) in [6, 6.07) is 9.83. The molecular formula is C15H12BrF2NO. The minimum absolute atomic E-state index is 0.115. The molecule has 0 aliphatic carbocycles. The molecule has 0 aliphatic rings. The largest absolute Gasteiger partial charge is 0.345 e. The second-order valence-corrected chi connectivity index (χ2v) is 5.14. The van der Waals surface area contributed by atoms with Gasteiger partial charge in [-0.05, 0) is 52.7 Å². The van der Waals surface area contributed by atoms with E-state index in [4.69, 9.17) is 0 Å². The van der Waals surface area contributed by atoms with Gasteiger partial charge in [-0.25, -0.2) is 8.78 Å². The number of carbonyl (C=O) groups excluding carboxylic acids is 1. The quantitative estimate of drug-likeness (QED) is 0.891. The van der Waals surface area contributed by atoms with E-state index in [0.717, 1.165) is 0 Å². The highest BCUT2D eigenvalue weighted by Crippen LogP contribution is 2.21. The fourth-order valence-corrected chi connectivity index (χ4v) is 2.26. The molecule has 0 aliphatic heterocycles. The molecule has 5 heteroatoms. The first-order valence-electron chi connectivity index (χ1n) is 5.99. The number of benzene rings is 2. The van der Waals surface area contributed by atoms with E-state index in [0.29, 0.717) is 5.56 Å². The second kappa shape index (κ2) is 6.13. The lowest BCUT2D eigenvalue weighted by atomic mass is 10.1. The van der Waals surface area contributed by atoms with Crippen molar-refractivity contribution in [1.29, 1.82) is 0 Å². The van der Waals surface area contributed by atoms with E-state index in [1.54, 1.807) is 19.1 Å². The van der Waals surface area contributed by atoms with Crippen molar-refractivity contribution in [3.63, 3.8) is 0 Å². The molecule has 1 amide bonds. The zero-order valence-corrected chi connectivity index (χ0v) is 12.2. The van der Waals surface area contributed by atoms with Gasteiger partial charge in [0.1, 0.15) is 11.6 Å². The number of hydrogen-bond acceptors (Lipinski definition) is 1. The van der Waals surface area contributed by atoms with Gasteiger partial charge < -0.3 is 5.32 Å². The lowest BCUT2D eigenvalue weighted by molar-refractivity contribution is 0.0938. The third-order valence-corrected chi connectivity index (χ3v) is 3.70. The van der Waals surface area contributed by atoms with Crippen LogP contribution >= 0.6 is 15.9 Å². The Bertz CT molecular complexity index is 646. The molecule has 0 bridgehead atoms. The van der Waals surface area contributed by atoms with Crippen LogP contribution in [-0.4, -0.2) is 5.91 Å². The molecule has 20 heavy (non-hydrogen) atoms. The van der Waals surface area contributed by atoms with Gasteiger partial charge in [0.25, 0.3) is 5.91 Å². The van der Waals surface area contributed by atoms with Crippen LogP contribution in [0, 0.1) is 11.6 Å². The Morgan fingerprint density at radius 1 is 1.20 bits per heavy atom. The van der Waals surface area contributed by atoms with Crippen molar-refractivity contribution >= 4 is 21.8 Å². The average Bonchev–Trinajstić information content (AvgIpc) is 2.41. The van der Waals surface area contributed by atoms with Crippen LogP contribution < -0.4 is 5.32 Å². The van der Waals surface area contributed by atoms with Gasteiger partial charge in [0, 0.05) is 0 Å². The average molecular weight is 340 g/mol. The van der Waals surface area contributed by atoms with Gasteiger partial charge in [0.15, 0.2) is 0 Å². The Labute approximate surface area is 123 Å². The van der Waals surface area contributed by atoms with Crippen LogP contribution in [0.4, 0.5) is 8.78 Å². The summed E-state index contributed by atoms with van der Waals surface area (Å²) in [6.45, 7) is 1.74. The summed E-state index contributed by atoms with van der Waals surface area (Å²) in [7, 11) is 0. The van der Waals surface area contributed by atoms with Gasteiger partial charge >= 0.3 is 0 Å². The normalized spacial score (nSPS) is 12.0. The van der Waals surface area contributed by atoms with E-state index in [9.17, 15) is 13.6 Å². The Morgan fingerprint density at radius 2 is 1.90 bits per heavy atom. The summed E-state index contributed by atoms with van der Waals surface area (Å²) in [5, 5.41) is 2.71. The lowest BCUT2D eigenvalue weighted by Crippen LogP contribution is -2.27. The van der Waals surface area contributed by atoms with Gasteiger partial charge in [-0.3, -0.25) is 4.79 Å². The molecule has 0 aromatic heterocycles. The Kier molecular flexibility index (Phi) is 4.49. The zero-order valence-electron chi connectivity index (χ0n) is 10.7. The fraction of sp³-hybridized carbons (Fsp3) is 0.133. The van der Waals surface area contributed by atoms with Crippen molar-refractivity contribution in [2.75, 3.05) is 0 Å². The predicted molar refractivity (Wildman–Crippen MR) is 76.4 cm³/mol. The first-order chi connectivity index (χ1) is 9.49. The highest BCUT2D eigenvalue weighted by atomic mass is 79.9. The number of rotatable bonds is 3. The Hall–Kier alpha value is -1.75. The molecule has 2 aromatic carbocycles. The van der Waals surface area contributed by atoms with Crippen LogP contribution in [0.1, 0.15) is 28.9 Å². The maximum absolute atomic E-state index is 13.4. The number of amides is 1. The minimum atomic E-state index is -0.504. The van der Waals surface area contributed by atoms with Crippen molar-refractivity contribution in [2.45, 2.75) is 13.0 Å². The first-order valence-corrected chi connectivity index (χ1v) is 6.78. The fourth-order valence-electron chi connectivity index (χ4n) is 1.81. The number of hydrogen-bond donors (Lipinski definition) is 1. The maximum atomic E-state index is 13.4. The Balaban J connectivity index is 2.17. The van der Waals surface area contributed by atoms with Gasteiger partial charge in [-0.15, -0.1) is 0 Å². The first kappa shape index (κ1) is 14.7. The summed E-state index contributed by atoms with van der Waals surface area (Å²) in [5.41, 5.74) is 0.846. The van der Waals surface area contributed by atoms with Crippen LogP contribution in [0.15, 0.2) is 46.9 Å². The molecule has 2 rings (SSSR count). The number of halogens is 3. The number of carbonyl (C=O) groups is 1. The highest BCUT2D eigenvalue weighted by molar-refractivity contribution is 9.10. The second-order valence-electron chi connectivity index (χ2n) is 4.35. The van der Waals surface area contributed by atoms with Gasteiger partial charge in [0.2, 0.25) is 0 Å². The topological polar surface area (TPSA) is 29.1 Å². The third-order valence-electron chi connectivity index (χ3n) is 2.89. The summed E-state index contributed by atoms with van der Waals surface area (Å²) in [5.74, 6) is -1.29. The van der Waals surface area contributed by atoms with Gasteiger partial charge in [-0.2, -0.15) is 0 Å². The number of nitrogens with one attached hydrogen (secondary N) is 1. The van der Waals surface area contributed by atoms with Crippen LogP contribution in [0.2, 0.25) is 0 Å². The highest BCUT2D eigenvalue weighted by Gasteiger charge is 2.16. The lowest BCUT2D eigenvalue weighted by Gasteiger charge is -2.15. The summed E-state index contributed by atoms with van der Waals surface area (Å²) in [4.78, 5) is 12.1. The van der Waals surface area contributed by atoms with E-state index in [1.807, 2.05) is 0 Å². The molecule has 1 atom stereocenters. The molecule has 1 N–H and O–H groups in total. The molecular weight excluding hydrogens is 328 g/mol. The molecule has 0 saturated heterocycles. The van der Waals surface area contributed by atoms with E-state index >= 15 is 0 Å². The van der Waals surface area contributed by atoms with Crippen LogP contribution in [0.25, 0.3) is 0 Å². The molecule has 104 valence electrons. The third kappa shape index (κ3) is 3.22. The molecule has 2 nitrogen and oxygen atoms in total. The smallest absolute Gasteiger partial charge is 0.253 e. The summed E-state index contributed by atoms with van der Waals surface area (Å²) in [6.07, 6.45) is 0. The predicted octanol–water partition coefficient (Wildman–Crippen LogP) is 4.22. The van der Waals surface area contributed by atoms with Crippen LogP contribution in [0.3, 0.4) is 0 Å². The monoisotopic (exact) mass is 339 g/mol. The van der Waals surface area contributed by atoms with Crippen molar-refractivity contribution in [3.8, 4) is 0 Å². The molecule has 0 radical (unpaired) electrons. The van der Waals surface area contributed by atoms with E-state index in [-0.39, 0.29) is 21.9 Å². The standard InChI is InChI=1S/C15H12BrF2NO/c1-9(10-4-2-5-11(17)8-10)19-15(20)12-6-3-7-13(18)14(12)16/h2-9H,1H3,(H,19,20). The van der Waals surface area contributed by atoms with Crippen molar-refractivity contribution in [3.05, 3.63) is 69.7 Å². The van der Waals surface area contributed by atoms with Crippen LogP contribution in [0.5, 0.6) is 0 Å². The molecule has 1 unspecified atom stereocenters. The molecule has 0 spiro atoms. The molecule has 0 heterocycles.